The van der Waals surface area contributed by atoms with Gasteiger partial charge in [0.25, 0.3) is 5.56 Å². The number of fused-ring (bicyclic) bond motifs is 6. The van der Waals surface area contributed by atoms with Crippen LogP contribution >= 0.6 is 11.3 Å². The van der Waals surface area contributed by atoms with E-state index in [9.17, 15) is 9.59 Å². The molecule has 1 aromatic carbocycles. The first-order valence-electron chi connectivity index (χ1n) is 10.3. The van der Waals surface area contributed by atoms with Gasteiger partial charge in [-0.05, 0) is 39.0 Å². The van der Waals surface area contributed by atoms with Gasteiger partial charge in [0.15, 0.2) is 4.80 Å². The fraction of sp³-hybridized carbons (Fsp3) is 0.364. The second-order valence-electron chi connectivity index (χ2n) is 7.65. The molecule has 2 bridgehead atoms. The van der Waals surface area contributed by atoms with Gasteiger partial charge in [0, 0.05) is 18.3 Å². The highest BCUT2D eigenvalue weighted by Crippen LogP contribution is 2.47. The zero-order valence-corrected chi connectivity index (χ0v) is 18.3. The zero-order chi connectivity index (χ0) is 21.8. The largest absolute Gasteiger partial charge is 0.466 e. The minimum atomic E-state index is -1.16. The number of carbonyl (C=O) groups excluding carboxylic acids is 1. The van der Waals surface area contributed by atoms with Crippen LogP contribution < -0.4 is 19.6 Å². The molecule has 3 aromatic rings. The van der Waals surface area contributed by atoms with Gasteiger partial charge in [-0.1, -0.05) is 29.5 Å². The number of thiazole rings is 1. The Morgan fingerprint density at radius 1 is 1.32 bits per heavy atom. The molecule has 0 radical (unpaired) electrons. The lowest BCUT2D eigenvalue weighted by atomic mass is 9.81. The maximum absolute atomic E-state index is 13.5. The number of hydrogen-bond acceptors (Lipinski definition) is 7. The van der Waals surface area contributed by atoms with E-state index < -0.39 is 23.7 Å². The van der Waals surface area contributed by atoms with Crippen LogP contribution in [0.15, 0.2) is 46.3 Å². The summed E-state index contributed by atoms with van der Waals surface area (Å²) in [4.78, 5) is 31.7. The third-order valence-electron chi connectivity index (χ3n) is 5.68. The highest BCUT2D eigenvalue weighted by Gasteiger charge is 2.55. The van der Waals surface area contributed by atoms with Crippen LogP contribution in [0.2, 0.25) is 0 Å². The van der Waals surface area contributed by atoms with E-state index in [1.165, 1.54) is 11.3 Å². The maximum Gasteiger partial charge on any atom is 0.317 e. The number of rotatable bonds is 4. The Labute approximate surface area is 182 Å². The van der Waals surface area contributed by atoms with Crippen molar-refractivity contribution in [1.82, 2.24) is 14.3 Å². The van der Waals surface area contributed by atoms with Crippen molar-refractivity contribution in [2.75, 3.05) is 6.61 Å². The standard InChI is InChI=1S/C22H22N4O4S/c1-4-25-11-10-13(24-25)12-16-19(27)26-18-14-8-6-7-9-15(14)30-22(3,23-21(26)31-16)17(18)20(28)29-5-2/h6-12,17-18H,4-5H2,1-3H3/b16-12+/t17-,18+,22+/m0/s1. The summed E-state index contributed by atoms with van der Waals surface area (Å²) in [6, 6.07) is 8.77. The van der Waals surface area contributed by atoms with Crippen molar-refractivity contribution in [2.24, 2.45) is 10.9 Å². The molecule has 0 saturated carbocycles. The lowest BCUT2D eigenvalue weighted by molar-refractivity contribution is -0.160. The number of aromatic nitrogens is 3. The molecular weight excluding hydrogens is 416 g/mol. The van der Waals surface area contributed by atoms with E-state index in [0.717, 1.165) is 12.1 Å². The summed E-state index contributed by atoms with van der Waals surface area (Å²) in [6.45, 7) is 6.53. The number of para-hydroxylation sites is 1. The van der Waals surface area contributed by atoms with Crippen LogP contribution in [-0.2, 0) is 16.1 Å². The van der Waals surface area contributed by atoms with Gasteiger partial charge in [-0.2, -0.15) is 5.10 Å². The van der Waals surface area contributed by atoms with Gasteiger partial charge in [0.05, 0.1) is 22.9 Å². The maximum atomic E-state index is 13.5. The number of ether oxygens (including phenoxy) is 2. The minimum absolute atomic E-state index is 0.201. The van der Waals surface area contributed by atoms with Crippen LogP contribution in [-0.4, -0.2) is 32.6 Å². The van der Waals surface area contributed by atoms with Gasteiger partial charge in [0.1, 0.15) is 11.7 Å². The summed E-state index contributed by atoms with van der Waals surface area (Å²) in [6.07, 6.45) is 3.63. The number of esters is 1. The molecule has 2 aromatic heterocycles. The Kier molecular flexibility index (Phi) is 4.58. The molecule has 0 amide bonds. The Bertz CT molecular complexity index is 1350. The topological polar surface area (TPSA) is 87.7 Å². The molecule has 5 rings (SSSR count). The molecular formula is C22H22N4O4S. The van der Waals surface area contributed by atoms with Gasteiger partial charge in [-0.25, -0.2) is 4.99 Å². The third kappa shape index (κ3) is 3.03. The van der Waals surface area contributed by atoms with E-state index in [2.05, 4.69) is 5.10 Å². The third-order valence-corrected chi connectivity index (χ3v) is 6.67. The van der Waals surface area contributed by atoms with Crippen LogP contribution in [0, 0.1) is 5.92 Å². The molecule has 2 aliphatic rings. The molecule has 0 unspecified atom stereocenters. The van der Waals surface area contributed by atoms with Crippen LogP contribution in [0.4, 0.5) is 0 Å². The molecule has 2 aliphatic heterocycles. The van der Waals surface area contributed by atoms with Gasteiger partial charge >= 0.3 is 5.97 Å². The number of nitrogens with zero attached hydrogens (tertiary/aromatic N) is 4. The first-order valence-corrected chi connectivity index (χ1v) is 11.1. The number of hydrogen-bond donors (Lipinski definition) is 0. The molecule has 0 N–H and O–H groups in total. The van der Waals surface area contributed by atoms with Crippen molar-refractivity contribution in [3.8, 4) is 5.75 Å². The number of aryl methyl sites for hydroxylation is 1. The Morgan fingerprint density at radius 2 is 2.13 bits per heavy atom. The number of carbonyl (C=O) groups is 1. The predicted molar refractivity (Wildman–Crippen MR) is 115 cm³/mol. The molecule has 0 aliphatic carbocycles. The van der Waals surface area contributed by atoms with Gasteiger partial charge in [0.2, 0.25) is 5.72 Å². The fourth-order valence-electron chi connectivity index (χ4n) is 4.30. The van der Waals surface area contributed by atoms with Crippen LogP contribution in [0.1, 0.15) is 38.1 Å². The van der Waals surface area contributed by atoms with Crippen molar-refractivity contribution in [3.05, 3.63) is 67.5 Å². The summed E-state index contributed by atoms with van der Waals surface area (Å²) in [5.74, 6) is -0.575. The molecule has 0 saturated heterocycles. The summed E-state index contributed by atoms with van der Waals surface area (Å²) >= 11 is 1.28. The molecule has 160 valence electrons. The van der Waals surface area contributed by atoms with Crippen molar-refractivity contribution >= 4 is 23.4 Å². The van der Waals surface area contributed by atoms with Gasteiger partial charge in [-0.15, -0.1) is 0 Å². The molecule has 8 nitrogen and oxygen atoms in total. The predicted octanol–water partition coefficient (Wildman–Crippen LogP) is 1.47. The minimum Gasteiger partial charge on any atom is -0.466 e. The average molecular weight is 439 g/mol. The van der Waals surface area contributed by atoms with Crippen LogP contribution in [0.25, 0.3) is 6.08 Å². The Balaban J connectivity index is 1.75. The second kappa shape index (κ2) is 7.19. The average Bonchev–Trinajstić information content (AvgIpc) is 3.31. The molecule has 4 heterocycles. The Morgan fingerprint density at radius 3 is 2.87 bits per heavy atom. The fourth-order valence-corrected chi connectivity index (χ4v) is 5.38. The van der Waals surface area contributed by atoms with E-state index in [0.29, 0.717) is 20.8 Å². The van der Waals surface area contributed by atoms with Gasteiger partial charge < -0.3 is 9.47 Å². The van der Waals surface area contributed by atoms with Crippen LogP contribution in [0.3, 0.4) is 0 Å². The first kappa shape index (κ1) is 19.7. The zero-order valence-electron chi connectivity index (χ0n) is 17.4. The summed E-state index contributed by atoms with van der Waals surface area (Å²) < 4.78 is 15.5. The normalized spacial score (nSPS) is 24.0. The van der Waals surface area contributed by atoms with Crippen LogP contribution in [0.5, 0.6) is 5.75 Å². The van der Waals surface area contributed by atoms with E-state index >= 15 is 0 Å². The molecule has 0 fully saturated rings. The van der Waals surface area contributed by atoms with Crippen molar-refractivity contribution in [3.63, 3.8) is 0 Å². The lowest BCUT2D eigenvalue weighted by Gasteiger charge is -2.44. The first-order chi connectivity index (χ1) is 14.9. The highest BCUT2D eigenvalue weighted by molar-refractivity contribution is 7.07. The molecule has 31 heavy (non-hydrogen) atoms. The van der Waals surface area contributed by atoms with E-state index in [4.69, 9.17) is 14.5 Å². The van der Waals surface area contributed by atoms with Crippen molar-refractivity contribution in [1.29, 1.82) is 0 Å². The molecule has 3 atom stereocenters. The Hall–Kier alpha value is -3.20. The molecule has 0 spiro atoms. The SMILES string of the molecule is CCOC(=O)[C@@H]1[C@H]2c3ccccc3O[C@@]1(C)N=c1s/c(=C/c3ccn(CC)n3)c(=O)n12. The van der Waals surface area contributed by atoms with E-state index in [1.54, 1.807) is 29.2 Å². The number of benzene rings is 1. The monoisotopic (exact) mass is 438 g/mol. The second-order valence-corrected chi connectivity index (χ2v) is 8.65. The summed E-state index contributed by atoms with van der Waals surface area (Å²) in [5.41, 5.74) is 0.110. The lowest BCUT2D eigenvalue weighted by Crippen LogP contribution is -2.58. The highest BCUT2D eigenvalue weighted by atomic mass is 32.1. The van der Waals surface area contributed by atoms with E-state index in [1.807, 2.05) is 43.5 Å². The van der Waals surface area contributed by atoms with Crippen molar-refractivity contribution < 1.29 is 14.3 Å². The summed E-state index contributed by atoms with van der Waals surface area (Å²) in [7, 11) is 0. The smallest absolute Gasteiger partial charge is 0.317 e. The van der Waals surface area contributed by atoms with E-state index in [-0.39, 0.29) is 12.2 Å². The van der Waals surface area contributed by atoms with Crippen molar-refractivity contribution in [2.45, 2.75) is 39.1 Å². The summed E-state index contributed by atoms with van der Waals surface area (Å²) in [5, 5.41) is 4.45. The van der Waals surface area contributed by atoms with Gasteiger partial charge in [-0.3, -0.25) is 18.8 Å². The quantitative estimate of drug-likeness (QED) is 0.576. The molecule has 9 heteroatoms.